The van der Waals surface area contributed by atoms with Gasteiger partial charge in [-0.15, -0.1) is 0 Å². The number of carbonyl (C=O) groups is 1. The SMILES string of the molecule is O=C([C@H]1C[C@H]1c1cccnc1)N1CCN(S(=O)(=O)c2ccccc2Cl)CC1. The Balaban J connectivity index is 1.38. The van der Waals surface area contributed by atoms with E-state index < -0.39 is 10.0 Å². The highest BCUT2D eigenvalue weighted by Crippen LogP contribution is 2.48. The average molecular weight is 406 g/mol. The minimum atomic E-state index is -3.65. The van der Waals surface area contributed by atoms with Gasteiger partial charge in [0.25, 0.3) is 0 Å². The lowest BCUT2D eigenvalue weighted by Crippen LogP contribution is -2.51. The summed E-state index contributed by atoms with van der Waals surface area (Å²) in [6.45, 7) is 1.37. The van der Waals surface area contributed by atoms with Gasteiger partial charge in [0.15, 0.2) is 0 Å². The van der Waals surface area contributed by atoms with Crippen LogP contribution in [0.25, 0.3) is 0 Å². The molecule has 1 aliphatic carbocycles. The van der Waals surface area contributed by atoms with Crippen molar-refractivity contribution in [3.8, 4) is 0 Å². The third-order valence-electron chi connectivity index (χ3n) is 5.22. The van der Waals surface area contributed by atoms with Crippen LogP contribution in [0.1, 0.15) is 17.9 Å². The first-order valence-corrected chi connectivity index (χ1v) is 10.7. The number of amides is 1. The monoisotopic (exact) mass is 405 g/mol. The van der Waals surface area contributed by atoms with Crippen LogP contribution in [0.4, 0.5) is 0 Å². The lowest BCUT2D eigenvalue weighted by atomic mass is 10.1. The number of pyridine rings is 1. The number of hydrogen-bond donors (Lipinski definition) is 0. The van der Waals surface area contributed by atoms with E-state index in [9.17, 15) is 13.2 Å². The van der Waals surface area contributed by atoms with Crippen molar-refractivity contribution in [1.82, 2.24) is 14.2 Å². The molecule has 0 N–H and O–H groups in total. The van der Waals surface area contributed by atoms with Gasteiger partial charge in [-0.1, -0.05) is 29.8 Å². The van der Waals surface area contributed by atoms with Crippen molar-refractivity contribution in [2.45, 2.75) is 17.2 Å². The van der Waals surface area contributed by atoms with Crippen LogP contribution in [0.5, 0.6) is 0 Å². The van der Waals surface area contributed by atoms with Crippen LogP contribution >= 0.6 is 11.6 Å². The lowest BCUT2D eigenvalue weighted by molar-refractivity contribution is -0.133. The Morgan fingerprint density at radius 2 is 1.81 bits per heavy atom. The lowest BCUT2D eigenvalue weighted by Gasteiger charge is -2.34. The van der Waals surface area contributed by atoms with Crippen LogP contribution in [0.2, 0.25) is 5.02 Å². The molecule has 2 atom stereocenters. The number of benzene rings is 1. The van der Waals surface area contributed by atoms with Gasteiger partial charge in [0.05, 0.1) is 5.02 Å². The second-order valence-corrected chi connectivity index (χ2v) is 9.21. The summed E-state index contributed by atoms with van der Waals surface area (Å²) in [5.41, 5.74) is 1.09. The molecular weight excluding hydrogens is 386 g/mol. The molecule has 1 aromatic heterocycles. The molecule has 6 nitrogen and oxygen atoms in total. The van der Waals surface area contributed by atoms with Crippen molar-refractivity contribution in [2.24, 2.45) is 5.92 Å². The molecule has 27 heavy (non-hydrogen) atoms. The van der Waals surface area contributed by atoms with Gasteiger partial charge in [-0.25, -0.2) is 8.42 Å². The molecule has 1 saturated carbocycles. The summed E-state index contributed by atoms with van der Waals surface area (Å²) >= 11 is 6.06. The summed E-state index contributed by atoms with van der Waals surface area (Å²) in [6, 6.07) is 10.3. The van der Waals surface area contributed by atoms with E-state index in [1.807, 2.05) is 18.3 Å². The quantitative estimate of drug-likeness (QED) is 0.783. The Morgan fingerprint density at radius 3 is 2.48 bits per heavy atom. The fraction of sp³-hybridized carbons (Fsp3) is 0.368. The zero-order chi connectivity index (χ0) is 19.0. The van der Waals surface area contributed by atoms with E-state index in [-0.39, 0.29) is 40.8 Å². The first kappa shape index (κ1) is 18.4. The van der Waals surface area contributed by atoms with Gasteiger partial charge >= 0.3 is 0 Å². The van der Waals surface area contributed by atoms with Gasteiger partial charge in [0, 0.05) is 44.5 Å². The standard InChI is InChI=1S/C19H20ClN3O3S/c20-17-5-1-2-6-18(17)27(25,26)23-10-8-22(9-11-23)19(24)16-12-15(16)14-4-3-7-21-13-14/h1-7,13,15-16H,8-12H2/t15-,16-/m0/s1. The first-order valence-electron chi connectivity index (χ1n) is 8.92. The van der Waals surface area contributed by atoms with Crippen molar-refractivity contribution in [3.05, 3.63) is 59.4 Å². The number of sulfonamides is 1. The molecular formula is C19H20ClN3O3S. The normalized spacial score (nSPS) is 23.2. The number of hydrogen-bond acceptors (Lipinski definition) is 4. The highest BCUT2D eigenvalue weighted by molar-refractivity contribution is 7.89. The maximum Gasteiger partial charge on any atom is 0.244 e. The largest absolute Gasteiger partial charge is 0.340 e. The van der Waals surface area contributed by atoms with Gasteiger partial charge in [0.2, 0.25) is 15.9 Å². The van der Waals surface area contributed by atoms with Crippen LogP contribution in [0.15, 0.2) is 53.7 Å². The molecule has 2 heterocycles. The summed E-state index contributed by atoms with van der Waals surface area (Å²) in [5, 5.41) is 0.216. The molecule has 0 radical (unpaired) electrons. The molecule has 8 heteroatoms. The molecule has 0 bridgehead atoms. The van der Waals surface area contributed by atoms with Gasteiger partial charge in [0.1, 0.15) is 4.90 Å². The number of aromatic nitrogens is 1. The summed E-state index contributed by atoms with van der Waals surface area (Å²) in [5.74, 6) is 0.329. The number of halogens is 1. The molecule has 1 amide bonds. The smallest absolute Gasteiger partial charge is 0.244 e. The van der Waals surface area contributed by atoms with E-state index >= 15 is 0 Å². The maximum atomic E-state index is 12.8. The van der Waals surface area contributed by atoms with Gasteiger partial charge in [-0.3, -0.25) is 9.78 Å². The van der Waals surface area contributed by atoms with Crippen molar-refractivity contribution in [3.63, 3.8) is 0 Å². The molecule has 1 aromatic carbocycles. The number of rotatable bonds is 4. The summed E-state index contributed by atoms with van der Waals surface area (Å²) in [4.78, 5) is 18.8. The van der Waals surface area contributed by atoms with E-state index in [1.54, 1.807) is 29.3 Å². The molecule has 2 fully saturated rings. The fourth-order valence-electron chi connectivity index (χ4n) is 3.61. The topological polar surface area (TPSA) is 70.6 Å². The zero-order valence-corrected chi connectivity index (χ0v) is 16.2. The summed E-state index contributed by atoms with van der Waals surface area (Å²) in [7, 11) is -3.65. The molecule has 0 unspecified atom stereocenters. The third kappa shape index (κ3) is 3.59. The Labute approximate surface area is 163 Å². The number of piperazine rings is 1. The third-order valence-corrected chi connectivity index (χ3v) is 7.62. The Hall–Kier alpha value is -1.96. The van der Waals surface area contributed by atoms with Crippen molar-refractivity contribution < 1.29 is 13.2 Å². The second-order valence-electron chi connectivity index (χ2n) is 6.89. The molecule has 0 spiro atoms. The van der Waals surface area contributed by atoms with Crippen LogP contribution in [-0.2, 0) is 14.8 Å². The van der Waals surface area contributed by atoms with E-state index in [0.29, 0.717) is 13.1 Å². The number of nitrogens with zero attached hydrogens (tertiary/aromatic N) is 3. The Bertz CT molecular complexity index is 944. The van der Waals surface area contributed by atoms with Crippen LogP contribution < -0.4 is 0 Å². The van der Waals surface area contributed by atoms with Crippen molar-refractivity contribution in [2.75, 3.05) is 26.2 Å². The highest BCUT2D eigenvalue weighted by atomic mass is 35.5. The molecule has 4 rings (SSSR count). The fourth-order valence-corrected chi connectivity index (χ4v) is 5.52. The Kier molecular flexibility index (Phi) is 4.92. The second kappa shape index (κ2) is 7.22. The Morgan fingerprint density at radius 1 is 1.07 bits per heavy atom. The molecule has 2 aliphatic rings. The van der Waals surface area contributed by atoms with Crippen LogP contribution in [-0.4, -0.2) is 54.7 Å². The summed E-state index contributed by atoms with van der Waals surface area (Å²) in [6.07, 6.45) is 4.37. The van der Waals surface area contributed by atoms with Crippen LogP contribution in [0.3, 0.4) is 0 Å². The minimum absolute atomic E-state index is 0.0130. The molecule has 1 aliphatic heterocycles. The van der Waals surface area contributed by atoms with Gasteiger partial charge in [-0.2, -0.15) is 4.31 Å². The van der Waals surface area contributed by atoms with Crippen LogP contribution in [0, 0.1) is 5.92 Å². The molecule has 1 saturated heterocycles. The van der Waals surface area contributed by atoms with Crippen molar-refractivity contribution in [1.29, 1.82) is 0 Å². The molecule has 142 valence electrons. The molecule has 2 aromatic rings. The zero-order valence-electron chi connectivity index (χ0n) is 14.7. The van der Waals surface area contributed by atoms with Gasteiger partial charge in [-0.05, 0) is 36.1 Å². The maximum absolute atomic E-state index is 12.8. The number of carbonyl (C=O) groups excluding carboxylic acids is 1. The first-order chi connectivity index (χ1) is 13.0. The van der Waals surface area contributed by atoms with E-state index in [0.717, 1.165) is 12.0 Å². The predicted octanol–water partition coefficient (Wildman–Crippen LogP) is 2.37. The predicted molar refractivity (Wildman–Crippen MR) is 102 cm³/mol. The van der Waals surface area contributed by atoms with Crippen molar-refractivity contribution >= 4 is 27.5 Å². The van der Waals surface area contributed by atoms with E-state index in [2.05, 4.69) is 4.98 Å². The van der Waals surface area contributed by atoms with E-state index in [4.69, 9.17) is 11.6 Å². The van der Waals surface area contributed by atoms with Gasteiger partial charge < -0.3 is 4.90 Å². The summed E-state index contributed by atoms with van der Waals surface area (Å²) < 4.78 is 27.0. The average Bonchev–Trinajstić information content (AvgIpc) is 3.49. The highest BCUT2D eigenvalue weighted by Gasteiger charge is 2.46. The minimum Gasteiger partial charge on any atom is -0.340 e. The van der Waals surface area contributed by atoms with E-state index in [1.165, 1.54) is 10.4 Å².